The summed E-state index contributed by atoms with van der Waals surface area (Å²) in [5.74, 6) is 1.24. The standard InChI is InChI=1S/C22H20N2O4S/c25-22-14-13-21(23-22)16-5-4-6-17(15-16)24-29(26,27)20-11-9-19(10-12-20)28-18-7-2-1-3-8-18/h1-12,15,21,24H,13-14H2,(H,23,25). The number of benzene rings is 3. The van der Waals surface area contributed by atoms with Crippen LogP contribution in [0.3, 0.4) is 0 Å². The molecule has 1 atom stereocenters. The number of sulfonamides is 1. The van der Waals surface area contributed by atoms with Crippen molar-refractivity contribution >= 4 is 21.6 Å². The maximum atomic E-state index is 12.7. The molecule has 0 aliphatic carbocycles. The van der Waals surface area contributed by atoms with Gasteiger partial charge >= 0.3 is 0 Å². The van der Waals surface area contributed by atoms with Gasteiger partial charge in [-0.3, -0.25) is 9.52 Å². The normalized spacial score (nSPS) is 16.3. The lowest BCUT2D eigenvalue weighted by atomic mass is 10.1. The first-order chi connectivity index (χ1) is 14.0. The van der Waals surface area contributed by atoms with E-state index in [9.17, 15) is 13.2 Å². The van der Waals surface area contributed by atoms with Crippen molar-refractivity contribution in [2.75, 3.05) is 4.72 Å². The second-order valence-corrected chi connectivity index (χ2v) is 8.46. The molecule has 1 amide bonds. The van der Waals surface area contributed by atoms with Crippen molar-refractivity contribution in [2.24, 2.45) is 0 Å². The minimum Gasteiger partial charge on any atom is -0.457 e. The van der Waals surface area contributed by atoms with E-state index in [1.807, 2.05) is 36.4 Å². The lowest BCUT2D eigenvalue weighted by Crippen LogP contribution is -2.18. The van der Waals surface area contributed by atoms with Crippen LogP contribution in [0.2, 0.25) is 0 Å². The number of para-hydroxylation sites is 1. The Morgan fingerprint density at radius 3 is 2.31 bits per heavy atom. The smallest absolute Gasteiger partial charge is 0.261 e. The molecule has 1 unspecified atom stereocenters. The first kappa shape index (κ1) is 19.0. The van der Waals surface area contributed by atoms with E-state index in [1.54, 1.807) is 30.3 Å². The monoisotopic (exact) mass is 408 g/mol. The van der Waals surface area contributed by atoms with E-state index in [2.05, 4.69) is 10.0 Å². The van der Waals surface area contributed by atoms with E-state index in [0.717, 1.165) is 5.56 Å². The van der Waals surface area contributed by atoms with Crippen LogP contribution >= 0.6 is 0 Å². The van der Waals surface area contributed by atoms with Gasteiger partial charge in [0.2, 0.25) is 5.91 Å². The largest absolute Gasteiger partial charge is 0.457 e. The molecule has 0 saturated carbocycles. The molecule has 1 heterocycles. The summed E-state index contributed by atoms with van der Waals surface area (Å²) in [5, 5.41) is 2.89. The molecule has 1 fully saturated rings. The van der Waals surface area contributed by atoms with Crippen LogP contribution in [0.25, 0.3) is 0 Å². The molecule has 1 aliphatic rings. The summed E-state index contributed by atoms with van der Waals surface area (Å²) in [6.45, 7) is 0. The molecule has 0 aromatic heterocycles. The quantitative estimate of drug-likeness (QED) is 0.639. The van der Waals surface area contributed by atoms with E-state index in [-0.39, 0.29) is 16.8 Å². The summed E-state index contributed by atoms with van der Waals surface area (Å²) in [6.07, 6.45) is 1.19. The Bertz CT molecular complexity index is 1110. The van der Waals surface area contributed by atoms with Crippen LogP contribution in [0.5, 0.6) is 11.5 Å². The molecule has 0 radical (unpaired) electrons. The zero-order valence-corrected chi connectivity index (χ0v) is 16.4. The van der Waals surface area contributed by atoms with Crippen LogP contribution in [0.4, 0.5) is 5.69 Å². The summed E-state index contributed by atoms with van der Waals surface area (Å²) < 4.78 is 33.8. The number of carbonyl (C=O) groups excluding carboxylic acids is 1. The van der Waals surface area contributed by atoms with E-state index >= 15 is 0 Å². The maximum absolute atomic E-state index is 12.7. The van der Waals surface area contributed by atoms with Crippen LogP contribution < -0.4 is 14.8 Å². The van der Waals surface area contributed by atoms with E-state index in [4.69, 9.17) is 4.74 Å². The van der Waals surface area contributed by atoms with Crippen molar-refractivity contribution in [3.8, 4) is 11.5 Å². The molecule has 6 nitrogen and oxygen atoms in total. The molecule has 3 aromatic rings. The molecule has 2 N–H and O–H groups in total. The first-order valence-corrected chi connectivity index (χ1v) is 10.7. The number of rotatable bonds is 6. The van der Waals surface area contributed by atoms with Gasteiger partial charge < -0.3 is 10.1 Å². The summed E-state index contributed by atoms with van der Waals surface area (Å²) in [5.41, 5.74) is 1.33. The fraction of sp³-hybridized carbons (Fsp3) is 0.136. The molecule has 0 bridgehead atoms. The maximum Gasteiger partial charge on any atom is 0.261 e. The molecule has 148 valence electrons. The van der Waals surface area contributed by atoms with Gasteiger partial charge in [-0.2, -0.15) is 0 Å². The number of hydrogen-bond donors (Lipinski definition) is 2. The molecule has 1 saturated heterocycles. The Labute approximate surface area is 169 Å². The highest BCUT2D eigenvalue weighted by atomic mass is 32.2. The van der Waals surface area contributed by atoms with Gasteiger partial charge in [0.1, 0.15) is 11.5 Å². The summed E-state index contributed by atoms with van der Waals surface area (Å²) in [7, 11) is -3.75. The Hall–Kier alpha value is -3.32. The zero-order chi connectivity index (χ0) is 20.3. The molecule has 1 aliphatic heterocycles. The molecule has 7 heteroatoms. The highest BCUT2D eigenvalue weighted by molar-refractivity contribution is 7.92. The fourth-order valence-corrected chi connectivity index (χ4v) is 4.26. The summed E-state index contributed by atoms with van der Waals surface area (Å²) >= 11 is 0. The molecular formula is C22H20N2O4S. The highest BCUT2D eigenvalue weighted by Crippen LogP contribution is 2.27. The fourth-order valence-electron chi connectivity index (χ4n) is 3.21. The Morgan fingerprint density at radius 1 is 0.897 bits per heavy atom. The van der Waals surface area contributed by atoms with Crippen molar-refractivity contribution in [1.82, 2.24) is 5.32 Å². The second-order valence-electron chi connectivity index (χ2n) is 6.78. The van der Waals surface area contributed by atoms with Gasteiger partial charge in [0.25, 0.3) is 10.0 Å². The number of amides is 1. The molecular weight excluding hydrogens is 388 g/mol. The van der Waals surface area contributed by atoms with Gasteiger partial charge in [0.15, 0.2) is 0 Å². The Kier molecular flexibility index (Phi) is 5.22. The summed E-state index contributed by atoms with van der Waals surface area (Å²) in [6, 6.07) is 22.5. The van der Waals surface area contributed by atoms with E-state index < -0.39 is 10.0 Å². The van der Waals surface area contributed by atoms with Crippen molar-refractivity contribution < 1.29 is 17.9 Å². The molecule has 4 rings (SSSR count). The lowest BCUT2D eigenvalue weighted by Gasteiger charge is -2.13. The number of ether oxygens (including phenoxy) is 1. The van der Waals surface area contributed by atoms with Crippen molar-refractivity contribution in [1.29, 1.82) is 0 Å². The SMILES string of the molecule is O=C1CCC(c2cccc(NS(=O)(=O)c3ccc(Oc4ccccc4)cc3)c2)N1. The van der Waals surface area contributed by atoms with Crippen molar-refractivity contribution in [3.63, 3.8) is 0 Å². The number of anilines is 1. The van der Waals surface area contributed by atoms with Crippen LogP contribution in [-0.2, 0) is 14.8 Å². The topological polar surface area (TPSA) is 84.5 Å². The second kappa shape index (κ2) is 7.97. The van der Waals surface area contributed by atoms with Gasteiger partial charge in [-0.05, 0) is 60.5 Å². The van der Waals surface area contributed by atoms with E-state index in [1.165, 1.54) is 12.1 Å². The van der Waals surface area contributed by atoms with E-state index in [0.29, 0.717) is 30.0 Å². The average Bonchev–Trinajstić information content (AvgIpc) is 3.16. The van der Waals surface area contributed by atoms with Crippen molar-refractivity contribution in [3.05, 3.63) is 84.4 Å². The number of nitrogens with one attached hydrogen (secondary N) is 2. The third kappa shape index (κ3) is 4.57. The minimum absolute atomic E-state index is 0.0128. The Morgan fingerprint density at radius 2 is 1.62 bits per heavy atom. The lowest BCUT2D eigenvalue weighted by molar-refractivity contribution is -0.119. The van der Waals surface area contributed by atoms with Crippen LogP contribution in [-0.4, -0.2) is 14.3 Å². The van der Waals surface area contributed by atoms with Gasteiger partial charge in [-0.1, -0.05) is 30.3 Å². The molecule has 3 aromatic carbocycles. The van der Waals surface area contributed by atoms with Crippen LogP contribution in [0, 0.1) is 0 Å². The first-order valence-electron chi connectivity index (χ1n) is 9.25. The van der Waals surface area contributed by atoms with Crippen LogP contribution in [0.15, 0.2) is 83.8 Å². The molecule has 29 heavy (non-hydrogen) atoms. The van der Waals surface area contributed by atoms with Gasteiger partial charge in [-0.15, -0.1) is 0 Å². The highest BCUT2D eigenvalue weighted by Gasteiger charge is 2.23. The number of carbonyl (C=O) groups is 1. The number of hydrogen-bond acceptors (Lipinski definition) is 4. The molecule has 0 spiro atoms. The van der Waals surface area contributed by atoms with Gasteiger partial charge in [0.05, 0.1) is 10.9 Å². The van der Waals surface area contributed by atoms with Crippen LogP contribution in [0.1, 0.15) is 24.4 Å². The van der Waals surface area contributed by atoms with Gasteiger partial charge in [-0.25, -0.2) is 8.42 Å². The predicted octanol–water partition coefficient (Wildman–Crippen LogP) is 4.23. The third-order valence-electron chi connectivity index (χ3n) is 4.65. The Balaban J connectivity index is 1.48. The van der Waals surface area contributed by atoms with Gasteiger partial charge in [0, 0.05) is 12.1 Å². The summed E-state index contributed by atoms with van der Waals surface area (Å²) in [4.78, 5) is 11.6. The predicted molar refractivity (Wildman–Crippen MR) is 110 cm³/mol. The zero-order valence-electron chi connectivity index (χ0n) is 15.5. The average molecular weight is 408 g/mol. The minimum atomic E-state index is -3.75. The third-order valence-corrected chi connectivity index (χ3v) is 6.05. The van der Waals surface area contributed by atoms with Crippen molar-refractivity contribution in [2.45, 2.75) is 23.8 Å².